The lowest BCUT2D eigenvalue weighted by molar-refractivity contribution is 0.229. The largest absolute Gasteiger partial charge is 0.314 e. The maximum absolute atomic E-state index is 4.18. The van der Waals surface area contributed by atoms with Gasteiger partial charge < -0.3 is 5.32 Å². The molecule has 12 heavy (non-hydrogen) atoms. The second-order valence-electron chi connectivity index (χ2n) is 2.87. The molecule has 0 aromatic carbocycles. The van der Waals surface area contributed by atoms with Gasteiger partial charge in [0, 0.05) is 26.2 Å². The highest BCUT2D eigenvalue weighted by Crippen LogP contribution is 2.01. The molecular weight excluding hydrogens is 172 g/mol. The summed E-state index contributed by atoms with van der Waals surface area (Å²) in [6, 6.07) is 0. The van der Waals surface area contributed by atoms with Crippen LogP contribution in [-0.2, 0) is 6.54 Å². The lowest BCUT2D eigenvalue weighted by Gasteiger charge is -2.25. The number of rotatable bonds is 2. The normalized spacial score (nSPS) is 19.7. The summed E-state index contributed by atoms with van der Waals surface area (Å²) < 4.78 is 4.18. The summed E-state index contributed by atoms with van der Waals surface area (Å²) in [5.74, 6) is 0.960. The molecule has 0 spiro atoms. The fourth-order valence-electron chi connectivity index (χ4n) is 1.33. The average molecular weight is 184 g/mol. The third-order valence-corrected chi connectivity index (χ3v) is 2.50. The minimum Gasteiger partial charge on any atom is -0.314 e. The number of aromatic nitrogens is 2. The Kier molecular flexibility index (Phi) is 2.65. The molecule has 1 saturated heterocycles. The predicted octanol–water partition coefficient (Wildman–Crippen LogP) is -0.0567. The lowest BCUT2D eigenvalue weighted by Crippen LogP contribution is -2.43. The van der Waals surface area contributed by atoms with Gasteiger partial charge >= 0.3 is 0 Å². The standard InChI is InChI=1S/C7H12N4S/c1-3-11(4-2-8-1)5-7-9-6-12-10-7/h6,8H,1-5H2. The zero-order chi connectivity index (χ0) is 8.23. The molecule has 0 amide bonds. The fraction of sp³-hybridized carbons (Fsp3) is 0.714. The Balaban J connectivity index is 1.86. The van der Waals surface area contributed by atoms with Crippen molar-refractivity contribution in [3.63, 3.8) is 0 Å². The molecule has 4 nitrogen and oxygen atoms in total. The topological polar surface area (TPSA) is 41.1 Å². The highest BCUT2D eigenvalue weighted by Gasteiger charge is 2.10. The van der Waals surface area contributed by atoms with Gasteiger partial charge in [0.2, 0.25) is 0 Å². The molecule has 0 unspecified atom stereocenters. The minimum atomic E-state index is 0.908. The van der Waals surface area contributed by atoms with Gasteiger partial charge in [-0.2, -0.15) is 4.37 Å². The van der Waals surface area contributed by atoms with Crippen molar-refractivity contribution >= 4 is 11.5 Å². The number of piperazine rings is 1. The molecule has 2 heterocycles. The molecule has 1 aliphatic heterocycles. The van der Waals surface area contributed by atoms with Crippen molar-refractivity contribution in [3.05, 3.63) is 11.3 Å². The number of hydrogen-bond donors (Lipinski definition) is 1. The predicted molar refractivity (Wildman–Crippen MR) is 48.1 cm³/mol. The molecule has 1 aromatic rings. The Morgan fingerprint density at radius 3 is 3.00 bits per heavy atom. The van der Waals surface area contributed by atoms with E-state index in [1.54, 1.807) is 5.51 Å². The monoisotopic (exact) mass is 184 g/mol. The van der Waals surface area contributed by atoms with E-state index in [0.29, 0.717) is 0 Å². The fourth-order valence-corrected chi connectivity index (χ4v) is 1.77. The van der Waals surface area contributed by atoms with Gasteiger partial charge in [-0.1, -0.05) is 0 Å². The molecule has 1 aromatic heterocycles. The van der Waals surface area contributed by atoms with Crippen molar-refractivity contribution in [1.82, 2.24) is 19.6 Å². The second-order valence-corrected chi connectivity index (χ2v) is 3.48. The van der Waals surface area contributed by atoms with Gasteiger partial charge in [-0.3, -0.25) is 4.90 Å². The molecule has 1 fully saturated rings. The van der Waals surface area contributed by atoms with Gasteiger partial charge in [-0.25, -0.2) is 4.98 Å². The van der Waals surface area contributed by atoms with Crippen LogP contribution >= 0.6 is 11.5 Å². The molecule has 0 aliphatic carbocycles. The van der Waals surface area contributed by atoms with E-state index >= 15 is 0 Å². The third-order valence-electron chi connectivity index (χ3n) is 1.98. The molecule has 2 rings (SSSR count). The highest BCUT2D eigenvalue weighted by molar-refractivity contribution is 7.03. The van der Waals surface area contributed by atoms with Crippen LogP contribution in [0.5, 0.6) is 0 Å². The van der Waals surface area contributed by atoms with E-state index in [9.17, 15) is 0 Å². The van der Waals surface area contributed by atoms with Crippen LogP contribution in [0.3, 0.4) is 0 Å². The minimum absolute atomic E-state index is 0.908. The molecular formula is C7H12N4S. The van der Waals surface area contributed by atoms with E-state index in [1.165, 1.54) is 11.5 Å². The maximum Gasteiger partial charge on any atom is 0.156 e. The molecule has 1 N–H and O–H groups in total. The van der Waals surface area contributed by atoms with Gasteiger partial charge in [0.05, 0.1) is 6.54 Å². The van der Waals surface area contributed by atoms with Crippen LogP contribution in [0.2, 0.25) is 0 Å². The van der Waals surface area contributed by atoms with E-state index in [2.05, 4.69) is 19.6 Å². The smallest absolute Gasteiger partial charge is 0.156 e. The van der Waals surface area contributed by atoms with E-state index < -0.39 is 0 Å². The SMILES string of the molecule is c1nc(CN2CCNCC2)ns1. The number of nitrogens with one attached hydrogen (secondary N) is 1. The van der Waals surface area contributed by atoms with Crippen molar-refractivity contribution in [2.24, 2.45) is 0 Å². The zero-order valence-electron chi connectivity index (χ0n) is 6.86. The quantitative estimate of drug-likeness (QED) is 0.699. The first kappa shape index (κ1) is 8.10. The molecule has 5 heteroatoms. The van der Waals surface area contributed by atoms with Gasteiger partial charge in [0.15, 0.2) is 5.82 Å². The Bertz CT molecular complexity index is 217. The first-order valence-electron chi connectivity index (χ1n) is 4.13. The summed E-state index contributed by atoms with van der Waals surface area (Å²) in [5, 5.41) is 3.31. The molecule has 0 bridgehead atoms. The lowest BCUT2D eigenvalue weighted by atomic mass is 10.3. The zero-order valence-corrected chi connectivity index (χ0v) is 7.68. The Morgan fingerprint density at radius 2 is 2.33 bits per heavy atom. The third kappa shape index (κ3) is 2.00. The summed E-state index contributed by atoms with van der Waals surface area (Å²) in [5.41, 5.74) is 1.79. The van der Waals surface area contributed by atoms with Gasteiger partial charge in [-0.15, -0.1) is 0 Å². The van der Waals surface area contributed by atoms with Crippen molar-refractivity contribution in [1.29, 1.82) is 0 Å². The summed E-state index contributed by atoms with van der Waals surface area (Å²) >= 11 is 1.42. The first-order valence-corrected chi connectivity index (χ1v) is 4.97. The summed E-state index contributed by atoms with van der Waals surface area (Å²) in [4.78, 5) is 6.53. The summed E-state index contributed by atoms with van der Waals surface area (Å²) in [6.07, 6.45) is 0. The van der Waals surface area contributed by atoms with Gasteiger partial charge in [0.1, 0.15) is 5.51 Å². The summed E-state index contributed by atoms with van der Waals surface area (Å²) in [6.45, 7) is 5.30. The first-order chi connectivity index (χ1) is 5.95. The van der Waals surface area contributed by atoms with Crippen LogP contribution in [-0.4, -0.2) is 40.4 Å². The van der Waals surface area contributed by atoms with E-state index in [0.717, 1.165) is 38.5 Å². The maximum atomic E-state index is 4.18. The Labute approximate surface area is 75.8 Å². The van der Waals surface area contributed by atoms with Crippen LogP contribution in [0, 0.1) is 0 Å². The van der Waals surface area contributed by atoms with Crippen LogP contribution in [0.25, 0.3) is 0 Å². The molecule has 0 saturated carbocycles. The van der Waals surface area contributed by atoms with Crippen LogP contribution in [0.1, 0.15) is 5.82 Å². The molecule has 0 radical (unpaired) electrons. The molecule has 66 valence electrons. The molecule has 1 aliphatic rings. The molecule has 0 atom stereocenters. The summed E-state index contributed by atoms with van der Waals surface area (Å²) in [7, 11) is 0. The Hall–Kier alpha value is -0.520. The van der Waals surface area contributed by atoms with Gasteiger partial charge in [0.25, 0.3) is 0 Å². The van der Waals surface area contributed by atoms with E-state index in [1.807, 2.05) is 0 Å². The highest BCUT2D eigenvalue weighted by atomic mass is 32.1. The van der Waals surface area contributed by atoms with Crippen molar-refractivity contribution in [3.8, 4) is 0 Å². The van der Waals surface area contributed by atoms with Crippen LogP contribution < -0.4 is 5.32 Å². The van der Waals surface area contributed by atoms with Crippen LogP contribution in [0.4, 0.5) is 0 Å². The number of nitrogens with zero attached hydrogens (tertiary/aromatic N) is 3. The second kappa shape index (κ2) is 3.93. The van der Waals surface area contributed by atoms with Crippen molar-refractivity contribution in [2.75, 3.05) is 26.2 Å². The van der Waals surface area contributed by atoms with Gasteiger partial charge in [-0.05, 0) is 11.5 Å². The Morgan fingerprint density at radius 1 is 1.50 bits per heavy atom. The van der Waals surface area contributed by atoms with Crippen molar-refractivity contribution < 1.29 is 0 Å². The van der Waals surface area contributed by atoms with E-state index in [4.69, 9.17) is 0 Å². The van der Waals surface area contributed by atoms with E-state index in [-0.39, 0.29) is 0 Å². The number of hydrogen-bond acceptors (Lipinski definition) is 5. The van der Waals surface area contributed by atoms with Crippen LogP contribution in [0.15, 0.2) is 5.51 Å². The average Bonchev–Trinajstić information content (AvgIpc) is 2.59. The van der Waals surface area contributed by atoms with Crippen molar-refractivity contribution in [2.45, 2.75) is 6.54 Å².